The van der Waals surface area contributed by atoms with Gasteiger partial charge in [-0.1, -0.05) is 6.07 Å². The van der Waals surface area contributed by atoms with Gasteiger partial charge in [0.2, 0.25) is 0 Å². The van der Waals surface area contributed by atoms with Crippen LogP contribution in [-0.4, -0.2) is 52.4 Å². The number of carbonyl (C=O) groups is 1. The van der Waals surface area contributed by atoms with Crippen LogP contribution in [0.2, 0.25) is 0 Å². The number of aryl methyl sites for hydroxylation is 1. The lowest BCUT2D eigenvalue weighted by atomic mass is 9.77. The second-order valence-corrected chi connectivity index (χ2v) is 10.8. The van der Waals surface area contributed by atoms with Crippen LogP contribution in [0.4, 0.5) is 20.2 Å². The molecule has 0 radical (unpaired) electrons. The first-order valence-electron chi connectivity index (χ1n) is 12.7. The summed E-state index contributed by atoms with van der Waals surface area (Å²) in [6.07, 6.45) is 3.69. The lowest BCUT2D eigenvalue weighted by Crippen LogP contribution is -2.58. The third-order valence-electron chi connectivity index (χ3n) is 7.49. The van der Waals surface area contributed by atoms with E-state index < -0.39 is 23.1 Å². The monoisotopic (exact) mass is 522 g/mol. The average Bonchev–Trinajstić information content (AvgIpc) is 2.88. The van der Waals surface area contributed by atoms with E-state index >= 15 is 0 Å². The lowest BCUT2D eigenvalue weighted by molar-refractivity contribution is -0.0275. The minimum atomic E-state index is -3.14. The van der Waals surface area contributed by atoms with E-state index in [0.717, 1.165) is 47.6 Å². The molecule has 1 saturated heterocycles. The minimum Gasteiger partial charge on any atom is -0.390 e. The number of fused-ring (bicyclic) bond motifs is 3. The fourth-order valence-electron chi connectivity index (χ4n) is 5.38. The number of aromatic nitrogens is 2. The van der Waals surface area contributed by atoms with Crippen LogP contribution in [0, 0.1) is 12.8 Å². The van der Waals surface area contributed by atoms with Gasteiger partial charge in [-0.05, 0) is 68.7 Å². The first-order valence-corrected chi connectivity index (χ1v) is 12.7. The zero-order valence-electron chi connectivity index (χ0n) is 22.0. The number of carbonyl (C=O) groups excluding carboxylic acids is 1. The summed E-state index contributed by atoms with van der Waals surface area (Å²) in [4.78, 5) is 23.6. The third kappa shape index (κ3) is 5.13. The topological polar surface area (TPSA) is 87.6 Å². The molecule has 3 aromatic rings. The highest BCUT2D eigenvalue weighted by molar-refractivity contribution is 6.04. The zero-order chi connectivity index (χ0) is 27.2. The third-order valence-corrected chi connectivity index (χ3v) is 7.49. The van der Waals surface area contributed by atoms with Gasteiger partial charge in [-0.15, -0.1) is 0 Å². The van der Waals surface area contributed by atoms with Crippen molar-refractivity contribution in [1.29, 1.82) is 0 Å². The van der Waals surface area contributed by atoms with E-state index in [9.17, 15) is 18.7 Å². The second kappa shape index (κ2) is 9.71. The SMILES string of the molecule is Cc1ccc(NC(=O)c2ccnc(C(C)(F)F)c2)cc1-c1cnc2c(c1)N1CCOC[C@@H]1[C@H](C(C)(C)O)C2. The van der Waals surface area contributed by atoms with Crippen molar-refractivity contribution in [3.05, 3.63) is 71.3 Å². The Kier molecular flexibility index (Phi) is 6.69. The average molecular weight is 523 g/mol. The van der Waals surface area contributed by atoms with Crippen molar-refractivity contribution in [3.8, 4) is 11.1 Å². The van der Waals surface area contributed by atoms with Crippen molar-refractivity contribution in [2.24, 2.45) is 5.92 Å². The molecule has 0 saturated carbocycles. The predicted octanol–water partition coefficient (Wildman–Crippen LogP) is 4.96. The molecule has 2 aliphatic rings. The number of rotatable bonds is 5. The number of anilines is 2. The molecule has 200 valence electrons. The standard InChI is InChI=1S/C29H32F2N4O3/c1-17-5-6-20(34-27(36)18-7-8-32-26(12-18)29(4,30)31)13-21(17)19-11-24-23(33-15-19)14-22(28(2,3)37)25-16-38-10-9-35(24)25/h5-8,11-13,15,22,25,37H,9-10,14,16H2,1-4H3,(H,34,36)/t22-,25-/m1/s1. The highest BCUT2D eigenvalue weighted by Crippen LogP contribution is 2.41. The first kappa shape index (κ1) is 26.2. The molecule has 0 spiro atoms. The predicted molar refractivity (Wildman–Crippen MR) is 142 cm³/mol. The van der Waals surface area contributed by atoms with Gasteiger partial charge in [0, 0.05) is 48.6 Å². The maximum atomic E-state index is 13.7. The van der Waals surface area contributed by atoms with Crippen molar-refractivity contribution >= 4 is 17.3 Å². The maximum absolute atomic E-state index is 13.7. The number of aliphatic hydroxyl groups is 1. The van der Waals surface area contributed by atoms with E-state index in [1.807, 2.05) is 39.1 Å². The van der Waals surface area contributed by atoms with Crippen molar-refractivity contribution in [2.45, 2.75) is 51.7 Å². The number of nitrogens with zero attached hydrogens (tertiary/aromatic N) is 3. The van der Waals surface area contributed by atoms with Gasteiger partial charge < -0.3 is 20.1 Å². The van der Waals surface area contributed by atoms with Crippen LogP contribution in [0.25, 0.3) is 11.1 Å². The summed E-state index contributed by atoms with van der Waals surface area (Å²) >= 11 is 0. The van der Waals surface area contributed by atoms with Crippen molar-refractivity contribution < 1.29 is 23.4 Å². The van der Waals surface area contributed by atoms with Gasteiger partial charge in [0.25, 0.3) is 11.8 Å². The van der Waals surface area contributed by atoms with E-state index in [2.05, 4.69) is 21.3 Å². The Labute approximate surface area is 220 Å². The Morgan fingerprint density at radius 2 is 1.95 bits per heavy atom. The van der Waals surface area contributed by atoms with Crippen LogP contribution < -0.4 is 10.2 Å². The number of amides is 1. The van der Waals surface area contributed by atoms with Gasteiger partial charge >= 0.3 is 0 Å². The van der Waals surface area contributed by atoms with Crippen LogP contribution in [0.1, 0.15) is 48.1 Å². The van der Waals surface area contributed by atoms with Crippen LogP contribution in [0.3, 0.4) is 0 Å². The number of halogens is 2. The van der Waals surface area contributed by atoms with Gasteiger partial charge in [-0.25, -0.2) is 0 Å². The molecule has 4 heterocycles. The minimum absolute atomic E-state index is 0.00436. The Bertz CT molecular complexity index is 1370. The quantitative estimate of drug-likeness (QED) is 0.492. The summed E-state index contributed by atoms with van der Waals surface area (Å²) < 4.78 is 33.2. The number of hydrogen-bond acceptors (Lipinski definition) is 6. The van der Waals surface area contributed by atoms with Crippen LogP contribution >= 0.6 is 0 Å². The van der Waals surface area contributed by atoms with Gasteiger partial charge in [0.1, 0.15) is 5.69 Å². The molecule has 38 heavy (non-hydrogen) atoms. The van der Waals surface area contributed by atoms with Gasteiger partial charge in [0.15, 0.2) is 0 Å². The molecule has 7 nitrogen and oxygen atoms in total. The molecule has 0 aliphatic carbocycles. The number of alkyl halides is 2. The first-order chi connectivity index (χ1) is 17.9. The molecule has 1 amide bonds. The summed E-state index contributed by atoms with van der Waals surface area (Å²) in [5, 5.41) is 13.6. The Hall–Kier alpha value is -3.43. The van der Waals surface area contributed by atoms with Crippen LogP contribution in [-0.2, 0) is 17.1 Å². The normalized spacial score (nSPS) is 19.5. The highest BCUT2D eigenvalue weighted by atomic mass is 19.3. The molecule has 0 unspecified atom stereocenters. The van der Waals surface area contributed by atoms with E-state index in [1.54, 1.807) is 6.07 Å². The molecule has 2 N–H and O–H groups in total. The molecule has 0 bridgehead atoms. The molecule has 2 aliphatic heterocycles. The number of pyridine rings is 2. The fraction of sp³-hybridized carbons (Fsp3) is 0.414. The molecule has 1 aromatic carbocycles. The van der Waals surface area contributed by atoms with E-state index in [1.165, 1.54) is 12.3 Å². The van der Waals surface area contributed by atoms with Crippen LogP contribution in [0.15, 0.2) is 48.8 Å². The van der Waals surface area contributed by atoms with Crippen molar-refractivity contribution in [3.63, 3.8) is 0 Å². The molecular weight excluding hydrogens is 490 g/mol. The summed E-state index contributed by atoms with van der Waals surface area (Å²) in [5.74, 6) is -3.64. The Morgan fingerprint density at radius 1 is 1.16 bits per heavy atom. The van der Waals surface area contributed by atoms with Gasteiger partial charge in [0.05, 0.1) is 36.2 Å². The Morgan fingerprint density at radius 3 is 2.68 bits per heavy atom. The number of ether oxygens (including phenoxy) is 1. The smallest absolute Gasteiger partial charge is 0.286 e. The molecule has 5 rings (SSSR count). The Balaban J connectivity index is 1.44. The molecule has 1 fully saturated rings. The van der Waals surface area contributed by atoms with Gasteiger partial charge in [-0.2, -0.15) is 8.78 Å². The number of benzene rings is 1. The lowest BCUT2D eigenvalue weighted by Gasteiger charge is -2.49. The van der Waals surface area contributed by atoms with E-state index in [0.29, 0.717) is 25.3 Å². The maximum Gasteiger partial charge on any atom is 0.286 e. The fourth-order valence-corrected chi connectivity index (χ4v) is 5.38. The number of nitrogens with one attached hydrogen (secondary N) is 1. The van der Waals surface area contributed by atoms with Crippen molar-refractivity contribution in [1.82, 2.24) is 9.97 Å². The molecule has 9 heteroatoms. The number of morpholine rings is 1. The largest absolute Gasteiger partial charge is 0.390 e. The van der Waals surface area contributed by atoms with E-state index in [-0.39, 0.29) is 17.5 Å². The molecule has 2 aromatic heterocycles. The van der Waals surface area contributed by atoms with Gasteiger partial charge in [-0.3, -0.25) is 14.8 Å². The van der Waals surface area contributed by atoms with Crippen molar-refractivity contribution in [2.75, 3.05) is 30.0 Å². The zero-order valence-corrected chi connectivity index (χ0v) is 22.0. The molecular formula is C29H32F2N4O3. The summed E-state index contributed by atoms with van der Waals surface area (Å²) in [5.41, 5.74) is 4.12. The summed E-state index contributed by atoms with van der Waals surface area (Å²) in [7, 11) is 0. The van der Waals surface area contributed by atoms with E-state index in [4.69, 9.17) is 9.72 Å². The van der Waals surface area contributed by atoms with Crippen LogP contribution in [0.5, 0.6) is 0 Å². The highest BCUT2D eigenvalue weighted by Gasteiger charge is 2.43. The number of hydrogen-bond donors (Lipinski definition) is 2. The summed E-state index contributed by atoms with van der Waals surface area (Å²) in [6, 6.07) is 10.3. The second-order valence-electron chi connectivity index (χ2n) is 10.8. The summed E-state index contributed by atoms with van der Waals surface area (Å²) in [6.45, 7) is 8.30. The molecule has 2 atom stereocenters.